The molecule has 3 aliphatic heterocycles. The van der Waals surface area contributed by atoms with E-state index in [-0.39, 0.29) is 52.0 Å². The van der Waals surface area contributed by atoms with Gasteiger partial charge in [-0.2, -0.15) is 13.2 Å². The third-order valence-electron chi connectivity index (χ3n) is 7.81. The molecule has 2 fully saturated rings. The summed E-state index contributed by atoms with van der Waals surface area (Å²) in [5.74, 6) is -2.70. The summed E-state index contributed by atoms with van der Waals surface area (Å²) in [7, 11) is -1.88. The molecule has 6 rings (SSSR count). The number of aromatic nitrogens is 2. The van der Waals surface area contributed by atoms with Crippen molar-refractivity contribution in [1.82, 2.24) is 20.4 Å². The Labute approximate surface area is 290 Å². The fraction of sp³-hybridized carbons (Fsp3) is 0.333. The van der Waals surface area contributed by atoms with Gasteiger partial charge in [-0.15, -0.1) is 10.2 Å². The molecule has 0 aliphatic carbocycles. The van der Waals surface area contributed by atoms with Crippen molar-refractivity contribution in [3.63, 3.8) is 0 Å². The van der Waals surface area contributed by atoms with Crippen LogP contribution in [0, 0.1) is 0 Å². The molecule has 12 nitrogen and oxygen atoms in total. The minimum atomic E-state index is -4.74. The molecule has 3 amide bonds. The van der Waals surface area contributed by atoms with Gasteiger partial charge in [0.2, 0.25) is 10.1 Å². The maximum absolute atomic E-state index is 14.2. The molecule has 3 aliphatic rings. The van der Waals surface area contributed by atoms with Crippen LogP contribution in [-0.4, -0.2) is 72.5 Å². The van der Waals surface area contributed by atoms with Gasteiger partial charge in [-0.1, -0.05) is 72.0 Å². The number of alkyl carbamates (subject to hydrolysis) is 1. The standard InChI is InChI=1S/C33H30F3N5O7S2/c1-32(2,3)48-31(45)37-22-26(43)41-23(28(44)47-24(18-10-6-4-7-11-18)19-12-8-5-9-13-19)21(17-50(46)27(22)41)16-20-14-15-40(25(20)42)30-39-38-29(49-30)33(34,35)36/h4-13,16,22,24,27H,14-15,17H2,1-3H3,(H,37,45)/b20-16+/t22-,27-,50+/m1/s1. The third kappa shape index (κ3) is 7.05. The SMILES string of the molecule is CC(C)(C)OC(=O)N[C@@H]1C(=O)N2C(C(=O)OC(c3ccccc3)c3ccccc3)=C(/C=C3\CCN(c4nnc(C(F)(F)F)s4)C3=O)C[S@](=O)[C@H]12. The average Bonchev–Trinajstić information content (AvgIpc) is 3.69. The number of allylic oxidation sites excluding steroid dienone is 1. The number of nitrogens with one attached hydrogen (secondary N) is 1. The Kier molecular flexibility index (Phi) is 9.39. The number of hydrogen-bond acceptors (Lipinski definition) is 10. The van der Waals surface area contributed by atoms with Crippen LogP contribution < -0.4 is 10.2 Å². The number of anilines is 1. The lowest BCUT2D eigenvalue weighted by molar-refractivity contribution is -0.153. The van der Waals surface area contributed by atoms with Crippen molar-refractivity contribution in [2.24, 2.45) is 0 Å². The lowest BCUT2D eigenvalue weighted by atomic mass is 10.00. The van der Waals surface area contributed by atoms with Gasteiger partial charge in [0.1, 0.15) is 22.7 Å². The number of nitrogens with zero attached hydrogens (tertiary/aromatic N) is 4. The van der Waals surface area contributed by atoms with Crippen LogP contribution in [-0.2, 0) is 40.8 Å². The van der Waals surface area contributed by atoms with Crippen molar-refractivity contribution in [2.75, 3.05) is 17.2 Å². The molecule has 2 aromatic carbocycles. The van der Waals surface area contributed by atoms with Crippen LogP contribution in [0.15, 0.2) is 83.6 Å². The van der Waals surface area contributed by atoms with Gasteiger partial charge in [0, 0.05) is 12.1 Å². The number of rotatable bonds is 7. The number of carbonyl (C=O) groups is 4. The molecule has 0 radical (unpaired) electrons. The average molecular weight is 730 g/mol. The molecular formula is C33H30F3N5O7S2. The summed E-state index contributed by atoms with van der Waals surface area (Å²) in [5, 5.41) is 6.51. The summed E-state index contributed by atoms with van der Waals surface area (Å²) in [6, 6.07) is 16.5. The van der Waals surface area contributed by atoms with E-state index in [1.807, 2.05) is 0 Å². The second kappa shape index (κ2) is 13.4. The van der Waals surface area contributed by atoms with Crippen molar-refractivity contribution < 1.29 is 46.0 Å². The highest BCUT2D eigenvalue weighted by Crippen LogP contribution is 2.40. The number of hydrogen-bond donors (Lipinski definition) is 1. The summed E-state index contributed by atoms with van der Waals surface area (Å²) in [4.78, 5) is 55.9. The van der Waals surface area contributed by atoms with E-state index < -0.39 is 69.0 Å². The van der Waals surface area contributed by atoms with Crippen LogP contribution in [0.2, 0.25) is 0 Å². The Hall–Kier alpha value is -4.90. The van der Waals surface area contributed by atoms with Gasteiger partial charge in [0.15, 0.2) is 6.10 Å². The molecule has 4 heterocycles. The van der Waals surface area contributed by atoms with Gasteiger partial charge in [-0.3, -0.25) is 23.6 Å². The third-order valence-corrected chi connectivity index (χ3v) is 10.4. The number of esters is 1. The number of fused-ring (bicyclic) bond motifs is 1. The minimum absolute atomic E-state index is 0.0233. The zero-order chi connectivity index (χ0) is 36.0. The van der Waals surface area contributed by atoms with E-state index in [0.717, 1.165) is 9.80 Å². The molecule has 0 unspecified atom stereocenters. The van der Waals surface area contributed by atoms with Crippen molar-refractivity contribution in [2.45, 2.75) is 56.5 Å². The fourth-order valence-electron chi connectivity index (χ4n) is 5.67. The molecule has 1 N–H and O–H groups in total. The number of ether oxygens (including phenoxy) is 2. The number of alkyl halides is 3. The van der Waals surface area contributed by atoms with E-state index >= 15 is 0 Å². The topological polar surface area (TPSA) is 148 Å². The van der Waals surface area contributed by atoms with Crippen LogP contribution in [0.4, 0.5) is 23.1 Å². The van der Waals surface area contributed by atoms with Crippen LogP contribution in [0.5, 0.6) is 0 Å². The number of halogens is 3. The van der Waals surface area contributed by atoms with Gasteiger partial charge in [0.25, 0.3) is 11.8 Å². The maximum atomic E-state index is 14.2. The lowest BCUT2D eigenvalue weighted by Gasteiger charge is -2.49. The first-order valence-corrected chi connectivity index (χ1v) is 17.5. The molecule has 0 spiro atoms. The highest BCUT2D eigenvalue weighted by molar-refractivity contribution is 7.86. The van der Waals surface area contributed by atoms with E-state index in [1.54, 1.807) is 81.4 Å². The zero-order valence-corrected chi connectivity index (χ0v) is 28.4. The highest BCUT2D eigenvalue weighted by Gasteiger charge is 2.58. The second-order valence-electron chi connectivity index (χ2n) is 12.5. The van der Waals surface area contributed by atoms with E-state index in [0.29, 0.717) is 11.1 Å². The molecule has 262 valence electrons. The monoisotopic (exact) mass is 729 g/mol. The molecule has 3 aromatic rings. The van der Waals surface area contributed by atoms with Gasteiger partial charge in [0.05, 0.1) is 16.6 Å². The molecule has 17 heteroatoms. The second-order valence-corrected chi connectivity index (χ2v) is 15.0. The van der Waals surface area contributed by atoms with Crippen molar-refractivity contribution in [1.29, 1.82) is 0 Å². The molecule has 0 saturated carbocycles. The van der Waals surface area contributed by atoms with Crippen LogP contribution >= 0.6 is 11.3 Å². The van der Waals surface area contributed by atoms with E-state index in [4.69, 9.17) is 9.47 Å². The van der Waals surface area contributed by atoms with Crippen molar-refractivity contribution >= 4 is 51.1 Å². The Balaban J connectivity index is 1.37. The van der Waals surface area contributed by atoms with E-state index in [1.165, 1.54) is 6.08 Å². The molecule has 1 aromatic heterocycles. The first-order valence-electron chi connectivity index (χ1n) is 15.3. The molecule has 2 saturated heterocycles. The Morgan fingerprint density at radius 2 is 1.64 bits per heavy atom. The minimum Gasteiger partial charge on any atom is -0.448 e. The van der Waals surface area contributed by atoms with Crippen molar-refractivity contribution in [3.05, 3.63) is 99.7 Å². The predicted octanol–water partition coefficient (Wildman–Crippen LogP) is 4.63. The quantitative estimate of drug-likeness (QED) is 0.209. The van der Waals surface area contributed by atoms with Gasteiger partial charge in [-0.25, -0.2) is 9.59 Å². The highest BCUT2D eigenvalue weighted by atomic mass is 32.2. The largest absolute Gasteiger partial charge is 0.448 e. The fourth-order valence-corrected chi connectivity index (χ4v) is 8.03. The summed E-state index contributed by atoms with van der Waals surface area (Å²) >= 11 is 0.214. The lowest BCUT2D eigenvalue weighted by Crippen LogP contribution is -2.73. The Morgan fingerprint density at radius 1 is 1.02 bits per heavy atom. The predicted molar refractivity (Wildman–Crippen MR) is 175 cm³/mol. The molecular weight excluding hydrogens is 700 g/mol. The summed E-state index contributed by atoms with van der Waals surface area (Å²) in [6.45, 7) is 4.89. The molecule has 0 bridgehead atoms. The van der Waals surface area contributed by atoms with E-state index in [2.05, 4.69) is 15.5 Å². The van der Waals surface area contributed by atoms with Crippen LogP contribution in [0.25, 0.3) is 0 Å². The van der Waals surface area contributed by atoms with Crippen LogP contribution in [0.3, 0.4) is 0 Å². The summed E-state index contributed by atoms with van der Waals surface area (Å²) in [5.41, 5.74) is 0.230. The number of benzene rings is 2. The molecule has 50 heavy (non-hydrogen) atoms. The first kappa shape index (κ1) is 34.9. The summed E-state index contributed by atoms with van der Waals surface area (Å²) in [6.07, 6.45) is -5.20. The van der Waals surface area contributed by atoms with Gasteiger partial charge >= 0.3 is 18.2 Å². The normalized spacial score (nSPS) is 21.7. The number of β-lactam (4-membered cyclic amide) rings is 1. The smallest absolute Gasteiger partial charge is 0.445 e. The zero-order valence-electron chi connectivity index (χ0n) is 26.8. The summed E-state index contributed by atoms with van der Waals surface area (Å²) < 4.78 is 64.5. The first-order chi connectivity index (χ1) is 23.6. The maximum Gasteiger partial charge on any atom is 0.445 e. The molecule has 3 atom stereocenters. The number of amides is 3. The van der Waals surface area contributed by atoms with Gasteiger partial charge in [-0.05, 0) is 50.0 Å². The van der Waals surface area contributed by atoms with E-state index in [9.17, 15) is 36.6 Å². The van der Waals surface area contributed by atoms with Crippen molar-refractivity contribution in [3.8, 4) is 0 Å². The van der Waals surface area contributed by atoms with Gasteiger partial charge < -0.3 is 14.8 Å². The Bertz CT molecular complexity index is 1890. The van der Waals surface area contributed by atoms with Crippen LogP contribution in [0.1, 0.15) is 49.4 Å². The Morgan fingerprint density at radius 3 is 2.20 bits per heavy atom. The number of carbonyl (C=O) groups excluding carboxylic acids is 4.